The minimum atomic E-state index is -1.08. The van der Waals surface area contributed by atoms with E-state index in [1.54, 1.807) is 24.3 Å². The number of carboxylic acid groups (broad SMARTS) is 1. The van der Waals surface area contributed by atoms with Crippen LogP contribution in [-0.4, -0.2) is 36.2 Å². The summed E-state index contributed by atoms with van der Waals surface area (Å²) in [5, 5.41) is 20.5. The molecule has 0 aromatic heterocycles. The number of nitrogens with one attached hydrogen (secondary N) is 1. The van der Waals surface area contributed by atoms with Crippen LogP contribution in [0.15, 0.2) is 24.3 Å². The zero-order chi connectivity index (χ0) is 15.2. The molecule has 1 aliphatic heterocycles. The van der Waals surface area contributed by atoms with E-state index in [4.69, 9.17) is 10.00 Å². The Hall–Kier alpha value is -2.39. The van der Waals surface area contributed by atoms with Crippen molar-refractivity contribution in [2.45, 2.75) is 18.9 Å². The number of rotatable bonds is 5. The molecular formula is C15H16N2O4. The van der Waals surface area contributed by atoms with Crippen molar-refractivity contribution in [2.75, 3.05) is 13.2 Å². The van der Waals surface area contributed by atoms with Crippen molar-refractivity contribution in [1.29, 1.82) is 5.26 Å². The fraction of sp³-hybridized carbons (Fsp3) is 0.400. The van der Waals surface area contributed by atoms with E-state index in [-0.39, 0.29) is 18.2 Å². The van der Waals surface area contributed by atoms with E-state index < -0.39 is 12.0 Å². The third kappa shape index (κ3) is 4.04. The SMILES string of the molecule is N#Cc1ccc(C[C@H](NC(=O)[C@H]2CCOC2)C(=O)O)cc1. The molecule has 0 radical (unpaired) electrons. The van der Waals surface area contributed by atoms with Gasteiger partial charge in [-0.25, -0.2) is 4.79 Å². The Morgan fingerprint density at radius 2 is 2.14 bits per heavy atom. The molecule has 0 unspecified atom stereocenters. The maximum Gasteiger partial charge on any atom is 0.326 e. The molecule has 0 spiro atoms. The van der Waals surface area contributed by atoms with Gasteiger partial charge in [0, 0.05) is 13.0 Å². The summed E-state index contributed by atoms with van der Waals surface area (Å²) < 4.78 is 5.13. The van der Waals surface area contributed by atoms with Crippen LogP contribution in [0.25, 0.3) is 0 Å². The van der Waals surface area contributed by atoms with E-state index in [0.717, 1.165) is 5.56 Å². The zero-order valence-electron chi connectivity index (χ0n) is 11.4. The normalized spacial score (nSPS) is 18.7. The van der Waals surface area contributed by atoms with Gasteiger partial charge in [0.05, 0.1) is 24.2 Å². The van der Waals surface area contributed by atoms with Gasteiger partial charge in [-0.3, -0.25) is 4.79 Å². The maximum absolute atomic E-state index is 12.0. The summed E-state index contributed by atoms with van der Waals surface area (Å²) in [5.41, 5.74) is 1.27. The monoisotopic (exact) mass is 288 g/mol. The topological polar surface area (TPSA) is 99.4 Å². The zero-order valence-corrected chi connectivity index (χ0v) is 11.4. The van der Waals surface area contributed by atoms with Crippen LogP contribution in [-0.2, 0) is 20.7 Å². The number of hydrogen-bond acceptors (Lipinski definition) is 4. The second kappa shape index (κ2) is 6.86. The number of aliphatic carboxylic acids is 1. The lowest BCUT2D eigenvalue weighted by Gasteiger charge is -2.17. The first kappa shape index (κ1) is 15.0. The van der Waals surface area contributed by atoms with Crippen molar-refractivity contribution in [3.05, 3.63) is 35.4 Å². The number of amides is 1. The molecule has 0 saturated carbocycles. The molecule has 0 aliphatic carbocycles. The smallest absolute Gasteiger partial charge is 0.326 e. The molecule has 1 fully saturated rings. The Morgan fingerprint density at radius 3 is 2.67 bits per heavy atom. The van der Waals surface area contributed by atoms with Crippen molar-refractivity contribution in [2.24, 2.45) is 5.92 Å². The maximum atomic E-state index is 12.0. The first-order valence-electron chi connectivity index (χ1n) is 6.70. The van der Waals surface area contributed by atoms with Gasteiger partial charge in [0.25, 0.3) is 0 Å². The highest BCUT2D eigenvalue weighted by Gasteiger charge is 2.28. The summed E-state index contributed by atoms with van der Waals surface area (Å²) in [5.74, 6) is -1.63. The van der Waals surface area contributed by atoms with E-state index in [9.17, 15) is 14.7 Å². The van der Waals surface area contributed by atoms with Crippen LogP contribution in [0.1, 0.15) is 17.5 Å². The number of carbonyl (C=O) groups is 2. The van der Waals surface area contributed by atoms with E-state index in [0.29, 0.717) is 25.2 Å². The van der Waals surface area contributed by atoms with Crippen LogP contribution in [0.2, 0.25) is 0 Å². The van der Waals surface area contributed by atoms with Crippen molar-refractivity contribution in [3.63, 3.8) is 0 Å². The summed E-state index contributed by atoms with van der Waals surface area (Å²) >= 11 is 0. The predicted octanol–water partition coefficient (Wildman–Crippen LogP) is 0.707. The highest BCUT2D eigenvalue weighted by Crippen LogP contribution is 2.13. The predicted molar refractivity (Wildman–Crippen MR) is 73.4 cm³/mol. The largest absolute Gasteiger partial charge is 0.480 e. The molecule has 2 N–H and O–H groups in total. The molecule has 1 aromatic carbocycles. The summed E-state index contributed by atoms with van der Waals surface area (Å²) in [6.45, 7) is 0.875. The van der Waals surface area contributed by atoms with Crippen LogP contribution in [0.4, 0.5) is 0 Å². The van der Waals surface area contributed by atoms with Crippen LogP contribution < -0.4 is 5.32 Å². The average molecular weight is 288 g/mol. The van der Waals surface area contributed by atoms with Gasteiger partial charge in [-0.2, -0.15) is 5.26 Å². The lowest BCUT2D eigenvalue weighted by molar-refractivity contribution is -0.142. The number of carboxylic acids is 1. The Kier molecular flexibility index (Phi) is 4.90. The lowest BCUT2D eigenvalue weighted by Crippen LogP contribution is -2.45. The van der Waals surface area contributed by atoms with Crippen molar-refractivity contribution < 1.29 is 19.4 Å². The van der Waals surface area contributed by atoms with Gasteiger partial charge >= 0.3 is 5.97 Å². The van der Waals surface area contributed by atoms with Crippen LogP contribution in [0.3, 0.4) is 0 Å². The molecule has 1 aliphatic rings. The Morgan fingerprint density at radius 1 is 1.43 bits per heavy atom. The molecule has 6 nitrogen and oxygen atoms in total. The molecule has 1 amide bonds. The first-order valence-corrected chi connectivity index (χ1v) is 6.70. The molecule has 0 bridgehead atoms. The average Bonchev–Trinajstić information content (AvgIpc) is 3.01. The quantitative estimate of drug-likeness (QED) is 0.831. The molecule has 21 heavy (non-hydrogen) atoms. The van der Waals surface area contributed by atoms with Crippen molar-refractivity contribution >= 4 is 11.9 Å². The third-order valence-corrected chi connectivity index (χ3v) is 3.44. The number of nitrogens with zero attached hydrogens (tertiary/aromatic N) is 1. The summed E-state index contributed by atoms with van der Waals surface area (Å²) in [6.07, 6.45) is 0.801. The highest BCUT2D eigenvalue weighted by atomic mass is 16.5. The second-order valence-corrected chi connectivity index (χ2v) is 4.97. The molecule has 2 atom stereocenters. The Bertz CT molecular complexity index is 556. The minimum Gasteiger partial charge on any atom is -0.480 e. The van der Waals surface area contributed by atoms with E-state index >= 15 is 0 Å². The number of carbonyl (C=O) groups excluding carboxylic acids is 1. The lowest BCUT2D eigenvalue weighted by atomic mass is 10.0. The van der Waals surface area contributed by atoms with Gasteiger partial charge in [0.15, 0.2) is 0 Å². The van der Waals surface area contributed by atoms with Crippen molar-refractivity contribution in [3.8, 4) is 6.07 Å². The van der Waals surface area contributed by atoms with Gasteiger partial charge in [-0.15, -0.1) is 0 Å². The fourth-order valence-electron chi connectivity index (χ4n) is 2.18. The molecule has 1 heterocycles. The molecular weight excluding hydrogens is 272 g/mol. The van der Waals surface area contributed by atoms with Crippen molar-refractivity contribution in [1.82, 2.24) is 5.32 Å². The first-order chi connectivity index (χ1) is 10.1. The Labute approximate surface area is 122 Å². The number of hydrogen-bond donors (Lipinski definition) is 2. The minimum absolute atomic E-state index is 0.181. The standard InChI is InChI=1S/C15H16N2O4/c16-8-11-3-1-10(2-4-11)7-13(15(19)20)17-14(18)12-5-6-21-9-12/h1-4,12-13H,5-7,9H2,(H,17,18)(H,19,20)/t12-,13-/m0/s1. The number of benzene rings is 1. The number of ether oxygens (including phenoxy) is 1. The second-order valence-electron chi connectivity index (χ2n) is 4.97. The summed E-state index contributed by atoms with van der Waals surface area (Å²) in [6, 6.07) is 7.66. The molecule has 1 saturated heterocycles. The molecule has 6 heteroatoms. The molecule has 110 valence electrons. The Balaban J connectivity index is 1.99. The van der Waals surface area contributed by atoms with E-state index in [1.165, 1.54) is 0 Å². The fourth-order valence-corrected chi connectivity index (χ4v) is 2.18. The van der Waals surface area contributed by atoms with Gasteiger partial charge in [0.2, 0.25) is 5.91 Å². The van der Waals surface area contributed by atoms with E-state index in [2.05, 4.69) is 5.32 Å². The van der Waals surface area contributed by atoms with Gasteiger partial charge < -0.3 is 15.2 Å². The van der Waals surface area contributed by atoms with Gasteiger partial charge in [-0.1, -0.05) is 12.1 Å². The van der Waals surface area contributed by atoms with Crippen LogP contribution >= 0.6 is 0 Å². The van der Waals surface area contributed by atoms with E-state index in [1.807, 2.05) is 6.07 Å². The summed E-state index contributed by atoms with van der Waals surface area (Å²) in [7, 11) is 0. The van der Waals surface area contributed by atoms with Crippen LogP contribution in [0, 0.1) is 17.2 Å². The third-order valence-electron chi connectivity index (χ3n) is 3.44. The van der Waals surface area contributed by atoms with Gasteiger partial charge in [-0.05, 0) is 24.1 Å². The van der Waals surface area contributed by atoms with Gasteiger partial charge in [0.1, 0.15) is 6.04 Å². The highest BCUT2D eigenvalue weighted by molar-refractivity contribution is 5.85. The van der Waals surface area contributed by atoms with Crippen LogP contribution in [0.5, 0.6) is 0 Å². The summed E-state index contributed by atoms with van der Waals surface area (Å²) in [4.78, 5) is 23.2. The molecule has 1 aromatic rings. The number of nitriles is 1. The molecule has 2 rings (SSSR count).